The highest BCUT2D eigenvalue weighted by Gasteiger charge is 2.27. The lowest BCUT2D eigenvalue weighted by Crippen LogP contribution is -2.16. The number of benzene rings is 2. The Labute approximate surface area is 147 Å². The van der Waals surface area contributed by atoms with Gasteiger partial charge in [-0.05, 0) is 48.9 Å². The van der Waals surface area contributed by atoms with E-state index in [4.69, 9.17) is 11.6 Å². The zero-order valence-electron chi connectivity index (χ0n) is 13.3. The van der Waals surface area contributed by atoms with Crippen molar-refractivity contribution < 1.29 is 18.4 Å². The number of fused-ring (bicyclic) bond motifs is 1. The van der Waals surface area contributed by atoms with Gasteiger partial charge < -0.3 is 4.79 Å². The molecule has 0 atom stereocenters. The molecule has 25 heavy (non-hydrogen) atoms. The SMILES string of the molecule is Cc1ccc2c(c1)c(CC=O)c(C(F)F)n2C(=O)c1ccc(Cl)cc1. The molecular weight excluding hydrogens is 348 g/mol. The molecule has 0 amide bonds. The molecule has 3 nitrogen and oxygen atoms in total. The van der Waals surface area contributed by atoms with Gasteiger partial charge in [0.25, 0.3) is 12.3 Å². The number of carbonyl (C=O) groups is 2. The van der Waals surface area contributed by atoms with Crippen molar-refractivity contribution in [2.75, 3.05) is 0 Å². The second-order valence-electron chi connectivity index (χ2n) is 5.70. The number of hydrogen-bond acceptors (Lipinski definition) is 2. The van der Waals surface area contributed by atoms with Gasteiger partial charge in [-0.2, -0.15) is 0 Å². The summed E-state index contributed by atoms with van der Waals surface area (Å²) in [6.07, 6.45) is -2.50. The first-order valence-corrected chi connectivity index (χ1v) is 7.97. The van der Waals surface area contributed by atoms with Gasteiger partial charge in [-0.25, -0.2) is 8.78 Å². The molecule has 0 unspecified atom stereocenters. The first kappa shape index (κ1) is 17.3. The number of rotatable bonds is 4. The molecular formula is C19H14ClF2NO2. The molecule has 6 heteroatoms. The van der Waals surface area contributed by atoms with Crippen LogP contribution in [0, 0.1) is 6.92 Å². The van der Waals surface area contributed by atoms with Gasteiger partial charge in [0, 0.05) is 22.4 Å². The molecule has 0 aliphatic rings. The normalized spacial score (nSPS) is 11.2. The third-order valence-corrected chi connectivity index (χ3v) is 4.31. The van der Waals surface area contributed by atoms with Crippen LogP contribution in [0.5, 0.6) is 0 Å². The van der Waals surface area contributed by atoms with Gasteiger partial charge in [0.2, 0.25) is 0 Å². The van der Waals surface area contributed by atoms with Gasteiger partial charge in [0.15, 0.2) is 0 Å². The number of carbonyl (C=O) groups excluding carboxylic acids is 2. The minimum absolute atomic E-state index is 0.180. The molecule has 0 radical (unpaired) electrons. The van der Waals surface area contributed by atoms with Crippen molar-refractivity contribution in [1.82, 2.24) is 4.57 Å². The lowest BCUT2D eigenvalue weighted by molar-refractivity contribution is -0.107. The Bertz CT molecular complexity index is 962. The summed E-state index contributed by atoms with van der Waals surface area (Å²) in [5.41, 5.74) is 1.20. The molecule has 0 fully saturated rings. The third-order valence-electron chi connectivity index (χ3n) is 4.06. The highest BCUT2D eigenvalue weighted by atomic mass is 35.5. The van der Waals surface area contributed by atoms with Crippen molar-refractivity contribution in [2.45, 2.75) is 19.8 Å². The van der Waals surface area contributed by atoms with E-state index in [-0.39, 0.29) is 17.5 Å². The average Bonchev–Trinajstić information content (AvgIpc) is 2.89. The van der Waals surface area contributed by atoms with E-state index in [1.165, 1.54) is 24.3 Å². The number of nitrogens with zero attached hydrogens (tertiary/aromatic N) is 1. The predicted octanol–water partition coefficient (Wildman–Crippen LogP) is 4.97. The number of alkyl halides is 2. The molecule has 3 aromatic rings. The maximum Gasteiger partial charge on any atom is 0.279 e. The molecule has 0 spiro atoms. The van der Waals surface area contributed by atoms with E-state index >= 15 is 0 Å². The maximum atomic E-state index is 13.8. The van der Waals surface area contributed by atoms with Crippen molar-refractivity contribution in [3.63, 3.8) is 0 Å². The molecule has 0 saturated carbocycles. The fraction of sp³-hybridized carbons (Fsp3) is 0.158. The minimum atomic E-state index is -2.89. The fourth-order valence-electron chi connectivity index (χ4n) is 2.96. The van der Waals surface area contributed by atoms with Crippen LogP contribution in [0.1, 0.15) is 33.6 Å². The number of halogens is 3. The molecule has 2 aromatic carbocycles. The lowest BCUT2D eigenvalue weighted by atomic mass is 10.1. The molecule has 0 aliphatic carbocycles. The first-order valence-electron chi connectivity index (χ1n) is 7.60. The van der Waals surface area contributed by atoms with E-state index in [1.54, 1.807) is 18.2 Å². The summed E-state index contributed by atoms with van der Waals surface area (Å²) in [4.78, 5) is 23.9. The molecule has 3 rings (SSSR count). The molecule has 0 N–H and O–H groups in total. The molecule has 128 valence electrons. The number of aldehydes is 1. The quantitative estimate of drug-likeness (QED) is 0.615. The second-order valence-corrected chi connectivity index (χ2v) is 6.14. The van der Waals surface area contributed by atoms with Crippen LogP contribution in [-0.4, -0.2) is 16.8 Å². The Hall–Kier alpha value is -2.53. The van der Waals surface area contributed by atoms with E-state index in [0.717, 1.165) is 10.1 Å². The second kappa shape index (κ2) is 6.76. The topological polar surface area (TPSA) is 39.1 Å². The van der Waals surface area contributed by atoms with Gasteiger partial charge >= 0.3 is 0 Å². The van der Waals surface area contributed by atoms with Crippen molar-refractivity contribution in [3.05, 3.63) is 69.9 Å². The lowest BCUT2D eigenvalue weighted by Gasteiger charge is -2.10. The Kier molecular flexibility index (Phi) is 4.68. The van der Waals surface area contributed by atoms with E-state index in [0.29, 0.717) is 22.2 Å². The van der Waals surface area contributed by atoms with Gasteiger partial charge in [-0.1, -0.05) is 23.2 Å². The zero-order chi connectivity index (χ0) is 18.1. The van der Waals surface area contributed by atoms with Crippen LogP contribution in [0.25, 0.3) is 10.9 Å². The van der Waals surface area contributed by atoms with E-state index in [2.05, 4.69) is 0 Å². The van der Waals surface area contributed by atoms with Crippen LogP contribution in [0.4, 0.5) is 8.78 Å². The third kappa shape index (κ3) is 3.07. The summed E-state index contributed by atoms with van der Waals surface area (Å²) < 4.78 is 28.6. The summed E-state index contributed by atoms with van der Waals surface area (Å²) in [6, 6.07) is 11.1. The van der Waals surface area contributed by atoms with Crippen LogP contribution < -0.4 is 0 Å². The molecule has 0 bridgehead atoms. The molecule has 0 aliphatic heterocycles. The summed E-state index contributed by atoms with van der Waals surface area (Å²) in [6.45, 7) is 1.82. The monoisotopic (exact) mass is 361 g/mol. The van der Waals surface area contributed by atoms with Crippen molar-refractivity contribution >= 4 is 34.7 Å². The van der Waals surface area contributed by atoms with Crippen molar-refractivity contribution in [3.8, 4) is 0 Å². The smallest absolute Gasteiger partial charge is 0.279 e. The minimum Gasteiger partial charge on any atom is -0.303 e. The summed E-state index contributed by atoms with van der Waals surface area (Å²) in [5.74, 6) is -0.585. The van der Waals surface area contributed by atoms with Crippen LogP contribution in [0.3, 0.4) is 0 Å². The summed E-state index contributed by atoms with van der Waals surface area (Å²) >= 11 is 5.82. The Morgan fingerprint density at radius 3 is 2.48 bits per heavy atom. The highest BCUT2D eigenvalue weighted by Crippen LogP contribution is 2.34. The number of hydrogen-bond donors (Lipinski definition) is 0. The molecule has 1 heterocycles. The zero-order valence-corrected chi connectivity index (χ0v) is 14.1. The van der Waals surface area contributed by atoms with Gasteiger partial charge in [-0.3, -0.25) is 9.36 Å². The standard InChI is InChI=1S/C19H14ClF2NO2/c1-11-2-7-16-15(10-11)14(8-9-24)17(18(21)22)23(16)19(25)12-3-5-13(20)6-4-12/h2-7,9-10,18H,8H2,1H3. The van der Waals surface area contributed by atoms with Crippen LogP contribution in [0.15, 0.2) is 42.5 Å². The molecule has 1 aromatic heterocycles. The largest absolute Gasteiger partial charge is 0.303 e. The summed E-state index contributed by atoms with van der Waals surface area (Å²) in [5, 5.41) is 0.935. The average molecular weight is 362 g/mol. The maximum absolute atomic E-state index is 13.8. The predicted molar refractivity (Wildman–Crippen MR) is 92.6 cm³/mol. The van der Waals surface area contributed by atoms with Crippen LogP contribution in [0.2, 0.25) is 5.02 Å². The van der Waals surface area contributed by atoms with E-state index < -0.39 is 18.0 Å². The van der Waals surface area contributed by atoms with Crippen molar-refractivity contribution in [1.29, 1.82) is 0 Å². The molecule has 0 saturated heterocycles. The Morgan fingerprint density at radius 1 is 1.20 bits per heavy atom. The van der Waals surface area contributed by atoms with Gasteiger partial charge in [-0.15, -0.1) is 0 Å². The van der Waals surface area contributed by atoms with Gasteiger partial charge in [0.05, 0.1) is 11.2 Å². The Balaban J connectivity index is 2.32. The van der Waals surface area contributed by atoms with Crippen LogP contribution in [-0.2, 0) is 11.2 Å². The van der Waals surface area contributed by atoms with Crippen molar-refractivity contribution in [2.24, 2.45) is 0 Å². The number of aryl methyl sites for hydroxylation is 1. The van der Waals surface area contributed by atoms with E-state index in [9.17, 15) is 18.4 Å². The first-order chi connectivity index (χ1) is 11.9. The number of aromatic nitrogens is 1. The van der Waals surface area contributed by atoms with E-state index in [1.807, 2.05) is 6.92 Å². The highest BCUT2D eigenvalue weighted by molar-refractivity contribution is 6.30. The fourth-order valence-corrected chi connectivity index (χ4v) is 3.08. The van der Waals surface area contributed by atoms with Gasteiger partial charge in [0.1, 0.15) is 6.29 Å². The Morgan fingerprint density at radius 2 is 1.88 bits per heavy atom. The van der Waals surface area contributed by atoms with Crippen LogP contribution >= 0.6 is 11.6 Å². The summed E-state index contributed by atoms with van der Waals surface area (Å²) in [7, 11) is 0.